The van der Waals surface area contributed by atoms with Gasteiger partial charge in [-0.1, -0.05) is 37.5 Å². The number of guanidine groups is 1. The molecule has 0 radical (unpaired) electrons. The van der Waals surface area contributed by atoms with E-state index in [1.807, 2.05) is 35.6 Å². The van der Waals surface area contributed by atoms with Crippen LogP contribution in [0, 0.1) is 0 Å². The minimum Gasteiger partial charge on any atom is -0.355 e. The molecule has 3 rings (SSSR count). The van der Waals surface area contributed by atoms with E-state index in [1.54, 1.807) is 14.1 Å². The molecule has 28 heavy (non-hydrogen) atoms. The van der Waals surface area contributed by atoms with Crippen LogP contribution in [0.25, 0.3) is 0 Å². The van der Waals surface area contributed by atoms with Crippen molar-refractivity contribution in [2.75, 3.05) is 20.6 Å². The van der Waals surface area contributed by atoms with E-state index in [-0.39, 0.29) is 11.3 Å². The Hall–Kier alpha value is -2.34. The summed E-state index contributed by atoms with van der Waals surface area (Å²) in [6.07, 6.45) is 6.37. The second kappa shape index (κ2) is 9.73. The number of benzene rings is 1. The zero-order valence-electron chi connectivity index (χ0n) is 16.8. The zero-order valence-corrected chi connectivity index (χ0v) is 17.6. The number of hydrogen-bond donors (Lipinski definition) is 3. The van der Waals surface area contributed by atoms with Crippen LogP contribution in [0.2, 0.25) is 0 Å². The fourth-order valence-corrected chi connectivity index (χ4v) is 4.93. The van der Waals surface area contributed by atoms with E-state index >= 15 is 0 Å². The summed E-state index contributed by atoms with van der Waals surface area (Å²) in [6, 6.07) is 12.1. The van der Waals surface area contributed by atoms with Crippen LogP contribution in [-0.4, -0.2) is 32.5 Å². The number of thiophene rings is 1. The van der Waals surface area contributed by atoms with Crippen molar-refractivity contribution in [3.05, 3.63) is 57.8 Å². The normalized spacial score (nSPS) is 16.4. The predicted molar refractivity (Wildman–Crippen MR) is 117 cm³/mol. The van der Waals surface area contributed by atoms with Crippen LogP contribution in [0.15, 0.2) is 46.8 Å². The lowest BCUT2D eigenvalue weighted by Crippen LogP contribution is -2.46. The summed E-state index contributed by atoms with van der Waals surface area (Å²) in [5.41, 5.74) is 1.93. The Morgan fingerprint density at radius 2 is 1.96 bits per heavy atom. The van der Waals surface area contributed by atoms with Crippen molar-refractivity contribution in [2.45, 2.75) is 44.1 Å². The highest BCUT2D eigenvalue weighted by atomic mass is 32.1. The van der Waals surface area contributed by atoms with Crippen LogP contribution in [0.1, 0.15) is 52.9 Å². The molecular formula is C22H30N4OS. The number of carbonyl (C=O) groups excluding carboxylic acids is 1. The van der Waals surface area contributed by atoms with E-state index in [2.05, 4.69) is 38.5 Å². The number of rotatable bonds is 6. The van der Waals surface area contributed by atoms with Gasteiger partial charge in [-0.25, -0.2) is 0 Å². The molecule has 1 saturated carbocycles. The van der Waals surface area contributed by atoms with E-state index < -0.39 is 0 Å². The topological polar surface area (TPSA) is 65.5 Å². The Morgan fingerprint density at radius 3 is 2.64 bits per heavy atom. The van der Waals surface area contributed by atoms with Crippen molar-refractivity contribution in [3.8, 4) is 0 Å². The highest BCUT2D eigenvalue weighted by Crippen LogP contribution is 2.41. The summed E-state index contributed by atoms with van der Waals surface area (Å²) < 4.78 is 0. The molecule has 1 aliphatic rings. The smallest absolute Gasteiger partial charge is 0.251 e. The first-order valence-corrected chi connectivity index (χ1v) is 10.8. The third-order valence-electron chi connectivity index (χ3n) is 5.55. The van der Waals surface area contributed by atoms with Crippen molar-refractivity contribution in [2.24, 2.45) is 4.99 Å². The minimum absolute atomic E-state index is 0.0699. The number of nitrogens with one attached hydrogen (secondary N) is 3. The average molecular weight is 399 g/mol. The van der Waals surface area contributed by atoms with Crippen molar-refractivity contribution >= 4 is 23.2 Å². The van der Waals surface area contributed by atoms with Crippen LogP contribution < -0.4 is 16.0 Å². The maximum atomic E-state index is 11.8. The monoisotopic (exact) mass is 398 g/mol. The Kier molecular flexibility index (Phi) is 7.09. The molecule has 0 atom stereocenters. The largest absolute Gasteiger partial charge is 0.355 e. The van der Waals surface area contributed by atoms with Crippen LogP contribution >= 0.6 is 11.3 Å². The van der Waals surface area contributed by atoms with Crippen molar-refractivity contribution in [1.82, 2.24) is 16.0 Å². The van der Waals surface area contributed by atoms with Gasteiger partial charge in [-0.3, -0.25) is 9.79 Å². The number of hydrogen-bond acceptors (Lipinski definition) is 3. The molecule has 1 fully saturated rings. The second-order valence-corrected chi connectivity index (χ2v) is 8.32. The van der Waals surface area contributed by atoms with E-state index in [1.165, 1.54) is 37.0 Å². The Bertz CT molecular complexity index is 795. The molecule has 1 aromatic carbocycles. The summed E-state index contributed by atoms with van der Waals surface area (Å²) in [7, 11) is 3.45. The summed E-state index contributed by atoms with van der Waals surface area (Å²) >= 11 is 1.87. The molecule has 2 aromatic rings. The molecule has 0 bridgehead atoms. The number of aliphatic imine (C=N–C) groups is 1. The predicted octanol–water partition coefficient (Wildman–Crippen LogP) is 3.67. The molecule has 5 nitrogen and oxygen atoms in total. The number of carbonyl (C=O) groups is 1. The lowest BCUT2D eigenvalue weighted by Gasteiger charge is -2.37. The minimum atomic E-state index is -0.0699. The second-order valence-electron chi connectivity index (χ2n) is 7.38. The zero-order chi connectivity index (χ0) is 19.8. The highest BCUT2D eigenvalue weighted by molar-refractivity contribution is 7.10. The highest BCUT2D eigenvalue weighted by Gasteiger charge is 2.34. The van der Waals surface area contributed by atoms with Gasteiger partial charge < -0.3 is 16.0 Å². The number of amides is 1. The van der Waals surface area contributed by atoms with Gasteiger partial charge in [0.15, 0.2) is 5.96 Å². The third-order valence-corrected chi connectivity index (χ3v) is 6.66. The van der Waals surface area contributed by atoms with E-state index in [9.17, 15) is 4.79 Å². The molecule has 1 heterocycles. The fourth-order valence-electron chi connectivity index (χ4n) is 3.95. The van der Waals surface area contributed by atoms with Crippen LogP contribution in [-0.2, 0) is 12.0 Å². The lowest BCUT2D eigenvalue weighted by molar-refractivity contribution is 0.0963. The van der Waals surface area contributed by atoms with E-state index in [0.717, 1.165) is 18.1 Å². The van der Waals surface area contributed by atoms with Gasteiger partial charge in [-0.05, 0) is 42.0 Å². The summed E-state index contributed by atoms with van der Waals surface area (Å²) in [6.45, 7) is 1.52. The SMILES string of the molecule is CN=C(NCc1cccc(C(=O)NC)c1)NCC1(c2cccs2)CCCCC1. The van der Waals surface area contributed by atoms with Gasteiger partial charge in [-0.2, -0.15) is 0 Å². The van der Waals surface area contributed by atoms with Crippen molar-refractivity contribution in [1.29, 1.82) is 0 Å². The fraction of sp³-hybridized carbons (Fsp3) is 0.455. The molecule has 150 valence electrons. The van der Waals surface area contributed by atoms with Gasteiger partial charge in [0.05, 0.1) is 0 Å². The lowest BCUT2D eigenvalue weighted by atomic mass is 9.73. The molecule has 6 heteroatoms. The van der Waals surface area contributed by atoms with Crippen LogP contribution in [0.4, 0.5) is 0 Å². The molecule has 1 aromatic heterocycles. The van der Waals surface area contributed by atoms with Crippen LogP contribution in [0.3, 0.4) is 0 Å². The Balaban J connectivity index is 1.61. The molecule has 3 N–H and O–H groups in total. The van der Waals surface area contributed by atoms with E-state index in [0.29, 0.717) is 12.1 Å². The number of nitrogens with zero attached hydrogens (tertiary/aromatic N) is 1. The molecule has 1 aliphatic carbocycles. The molecule has 1 amide bonds. The quantitative estimate of drug-likeness (QED) is 0.514. The maximum absolute atomic E-state index is 11.8. The summed E-state index contributed by atoms with van der Waals surface area (Å²) in [5, 5.41) is 11.8. The van der Waals surface area contributed by atoms with Crippen molar-refractivity contribution in [3.63, 3.8) is 0 Å². The van der Waals surface area contributed by atoms with Crippen molar-refractivity contribution < 1.29 is 4.79 Å². The molecular weight excluding hydrogens is 368 g/mol. The first-order valence-electron chi connectivity index (χ1n) is 9.96. The maximum Gasteiger partial charge on any atom is 0.251 e. The standard InChI is InChI=1S/C22H30N4OS/c1-23-20(27)18-9-6-8-17(14-18)15-25-21(24-2)26-16-22(11-4-3-5-12-22)19-10-7-13-28-19/h6-10,13-14H,3-5,11-12,15-16H2,1-2H3,(H,23,27)(H2,24,25,26). The van der Waals surface area contributed by atoms with E-state index in [4.69, 9.17) is 0 Å². The van der Waals surface area contributed by atoms with Gasteiger partial charge in [-0.15, -0.1) is 11.3 Å². The van der Waals surface area contributed by atoms with Gasteiger partial charge in [0.25, 0.3) is 5.91 Å². The van der Waals surface area contributed by atoms with Gasteiger partial charge in [0, 0.05) is 43.0 Å². The first kappa shape index (κ1) is 20.4. The summed E-state index contributed by atoms with van der Waals surface area (Å²) in [5.74, 6) is 0.728. The third kappa shape index (κ3) is 4.93. The molecule has 0 aliphatic heterocycles. The van der Waals surface area contributed by atoms with Gasteiger partial charge >= 0.3 is 0 Å². The molecule has 0 saturated heterocycles. The Labute approximate surface area is 171 Å². The molecule has 0 unspecified atom stereocenters. The van der Waals surface area contributed by atoms with Gasteiger partial charge in [0.2, 0.25) is 0 Å². The Morgan fingerprint density at radius 1 is 1.14 bits per heavy atom. The average Bonchev–Trinajstić information content (AvgIpc) is 3.30. The van der Waals surface area contributed by atoms with Gasteiger partial charge in [0.1, 0.15) is 0 Å². The first-order chi connectivity index (χ1) is 13.7. The van der Waals surface area contributed by atoms with Crippen LogP contribution in [0.5, 0.6) is 0 Å². The summed E-state index contributed by atoms with van der Waals surface area (Å²) in [4.78, 5) is 17.7. The molecule has 0 spiro atoms.